The molecule has 0 atom stereocenters. The second-order valence-corrected chi connectivity index (χ2v) is 10.3. The first-order chi connectivity index (χ1) is 12.7. The molecule has 0 unspecified atom stereocenters. The lowest BCUT2D eigenvalue weighted by Gasteiger charge is -2.58. The van der Waals surface area contributed by atoms with Crippen LogP contribution in [0.4, 0.5) is 0 Å². The first-order valence-electron chi connectivity index (χ1n) is 10.7. The number of halogens is 1. The van der Waals surface area contributed by atoms with Crippen molar-refractivity contribution in [2.24, 2.45) is 29.1 Å². The van der Waals surface area contributed by atoms with Crippen LogP contribution in [0.2, 0.25) is 5.02 Å². The summed E-state index contributed by atoms with van der Waals surface area (Å²) < 4.78 is 0. The van der Waals surface area contributed by atoms with E-state index < -0.39 is 0 Å². The van der Waals surface area contributed by atoms with Crippen molar-refractivity contribution in [3.8, 4) is 0 Å². The quantitative estimate of drug-likeness (QED) is 0.820. The number of hydrogen-bond donors (Lipinski definition) is 1. The van der Waals surface area contributed by atoms with Gasteiger partial charge in [0.05, 0.1) is 0 Å². The van der Waals surface area contributed by atoms with Crippen molar-refractivity contribution in [2.45, 2.75) is 57.4 Å². The number of rotatable bonds is 4. The van der Waals surface area contributed by atoms with Crippen LogP contribution in [0.3, 0.4) is 0 Å². The van der Waals surface area contributed by atoms with Gasteiger partial charge in [0.15, 0.2) is 0 Å². The Hall–Kier alpha value is -0.570. The highest BCUT2D eigenvalue weighted by atomic mass is 35.5. The van der Waals surface area contributed by atoms with E-state index in [2.05, 4.69) is 17.0 Å². The smallest absolute Gasteiger partial charge is 0.0491 e. The lowest BCUT2D eigenvalue weighted by Crippen LogP contribution is -2.58. The molecule has 0 spiro atoms. The Labute approximate surface area is 162 Å². The lowest BCUT2D eigenvalue weighted by molar-refractivity contribution is -0.0850. The minimum atomic E-state index is 0.0212. The number of aliphatic hydroxyl groups is 1. The zero-order valence-corrected chi connectivity index (χ0v) is 16.5. The molecule has 4 bridgehead atoms. The molecular weight excluding hydrogens is 342 g/mol. The molecule has 142 valence electrons. The van der Waals surface area contributed by atoms with E-state index in [1.165, 1.54) is 37.7 Å². The third kappa shape index (κ3) is 3.02. The summed E-state index contributed by atoms with van der Waals surface area (Å²) in [5.41, 5.74) is 1.22. The van der Waals surface area contributed by atoms with E-state index >= 15 is 0 Å². The normalized spacial score (nSPS) is 38.6. The summed E-state index contributed by atoms with van der Waals surface area (Å²) in [4.78, 5) is 2.83. The molecule has 0 aromatic heterocycles. The predicted octanol–water partition coefficient (Wildman–Crippen LogP) is 4.78. The van der Waals surface area contributed by atoms with E-state index in [0.717, 1.165) is 67.1 Å². The zero-order chi connectivity index (χ0) is 17.7. The summed E-state index contributed by atoms with van der Waals surface area (Å²) in [6, 6.07) is 9.01. The monoisotopic (exact) mass is 373 g/mol. The van der Waals surface area contributed by atoms with Crippen LogP contribution in [0.25, 0.3) is 0 Å². The van der Waals surface area contributed by atoms with Gasteiger partial charge >= 0.3 is 0 Å². The maximum absolute atomic E-state index is 10.2. The second-order valence-electron chi connectivity index (χ2n) is 9.88. The molecule has 4 saturated carbocycles. The van der Waals surface area contributed by atoms with Gasteiger partial charge in [-0.15, -0.1) is 0 Å². The van der Waals surface area contributed by atoms with Gasteiger partial charge < -0.3 is 5.11 Å². The highest BCUT2D eigenvalue weighted by molar-refractivity contribution is 6.31. The Bertz CT molecular complexity index is 623. The third-order valence-electron chi connectivity index (χ3n) is 8.32. The van der Waals surface area contributed by atoms with Crippen molar-refractivity contribution in [3.63, 3.8) is 0 Å². The Morgan fingerprint density at radius 3 is 2.15 bits per heavy atom. The first-order valence-corrected chi connectivity index (χ1v) is 11.1. The fourth-order valence-corrected chi connectivity index (χ4v) is 7.43. The van der Waals surface area contributed by atoms with Crippen molar-refractivity contribution in [3.05, 3.63) is 34.9 Å². The third-order valence-corrected chi connectivity index (χ3v) is 8.68. The molecule has 1 aromatic carbocycles. The Balaban J connectivity index is 1.27. The number of piperidine rings is 1. The number of aliphatic hydroxyl groups excluding tert-OH is 1. The molecule has 4 aliphatic carbocycles. The molecule has 1 aliphatic heterocycles. The molecule has 26 heavy (non-hydrogen) atoms. The van der Waals surface area contributed by atoms with Gasteiger partial charge in [-0.1, -0.05) is 29.8 Å². The van der Waals surface area contributed by atoms with E-state index in [0.29, 0.717) is 0 Å². The maximum atomic E-state index is 10.2. The minimum absolute atomic E-state index is 0.0212. The molecule has 0 radical (unpaired) electrons. The van der Waals surface area contributed by atoms with Gasteiger partial charge in [0.25, 0.3) is 0 Å². The largest absolute Gasteiger partial charge is 0.396 e. The van der Waals surface area contributed by atoms with Crippen molar-refractivity contribution < 1.29 is 5.11 Å². The van der Waals surface area contributed by atoms with Gasteiger partial charge in [-0.3, -0.25) is 4.90 Å². The van der Waals surface area contributed by atoms with Crippen LogP contribution in [0.5, 0.6) is 0 Å². The van der Waals surface area contributed by atoms with Gasteiger partial charge in [-0.05, 0) is 105 Å². The van der Waals surface area contributed by atoms with E-state index in [9.17, 15) is 5.11 Å². The maximum Gasteiger partial charge on any atom is 0.0491 e. The highest BCUT2D eigenvalue weighted by Gasteiger charge is 2.51. The highest BCUT2D eigenvalue weighted by Crippen LogP contribution is 2.55. The summed E-state index contributed by atoms with van der Waals surface area (Å²) >= 11 is 6.40. The van der Waals surface area contributed by atoms with Crippen molar-refractivity contribution in [1.29, 1.82) is 0 Å². The van der Waals surface area contributed by atoms with Crippen LogP contribution in [-0.2, 0) is 6.42 Å². The summed E-state index contributed by atoms with van der Waals surface area (Å²) in [5, 5.41) is 11.1. The number of benzene rings is 1. The average molecular weight is 374 g/mol. The van der Waals surface area contributed by atoms with Crippen molar-refractivity contribution in [1.82, 2.24) is 4.90 Å². The summed E-state index contributed by atoms with van der Waals surface area (Å²) in [6.45, 7) is 2.61. The Morgan fingerprint density at radius 2 is 1.58 bits per heavy atom. The molecule has 6 rings (SSSR count). The number of likely N-dealkylation sites (tertiary alicyclic amines) is 1. The molecule has 1 aromatic rings. The van der Waals surface area contributed by atoms with E-state index in [1.807, 2.05) is 12.1 Å². The number of hydrogen-bond acceptors (Lipinski definition) is 2. The zero-order valence-electron chi connectivity index (χ0n) is 15.7. The molecule has 2 nitrogen and oxygen atoms in total. The van der Waals surface area contributed by atoms with Gasteiger partial charge in [0, 0.05) is 17.7 Å². The standard InChI is InChI=1S/C23H32ClNO/c24-21-4-2-1-3-18(21)14-23(15-26)5-7-25(8-6-23)22-19-10-16-9-17(12-19)13-20(22)11-16/h1-4,16-17,19-20,22,26H,5-15H2. The van der Waals surface area contributed by atoms with Crippen LogP contribution < -0.4 is 0 Å². The van der Waals surface area contributed by atoms with Crippen molar-refractivity contribution in [2.75, 3.05) is 19.7 Å². The van der Waals surface area contributed by atoms with Crippen LogP contribution in [-0.4, -0.2) is 35.7 Å². The molecule has 1 N–H and O–H groups in total. The summed E-state index contributed by atoms with van der Waals surface area (Å²) in [5.74, 6) is 4.04. The van der Waals surface area contributed by atoms with Crippen LogP contribution in [0, 0.1) is 29.1 Å². The van der Waals surface area contributed by atoms with Gasteiger partial charge in [0.2, 0.25) is 0 Å². The topological polar surface area (TPSA) is 23.5 Å². The van der Waals surface area contributed by atoms with Crippen LogP contribution >= 0.6 is 11.6 Å². The summed E-state index contributed by atoms with van der Waals surface area (Å²) in [6.07, 6.45) is 10.7. The molecule has 1 saturated heterocycles. The Morgan fingerprint density at radius 1 is 0.962 bits per heavy atom. The van der Waals surface area contributed by atoms with E-state index in [4.69, 9.17) is 11.6 Å². The van der Waals surface area contributed by atoms with E-state index in [-0.39, 0.29) is 12.0 Å². The predicted molar refractivity (Wildman–Crippen MR) is 106 cm³/mol. The molecule has 3 heteroatoms. The first kappa shape index (κ1) is 17.5. The second kappa shape index (κ2) is 6.79. The molecular formula is C23H32ClNO. The SMILES string of the molecule is OCC1(Cc2ccccc2Cl)CCN(C2C3CC4CC(C3)CC2C4)CC1. The number of nitrogens with zero attached hydrogens (tertiary/aromatic N) is 1. The fraction of sp³-hybridized carbons (Fsp3) is 0.739. The van der Waals surface area contributed by atoms with Gasteiger partial charge in [-0.2, -0.15) is 0 Å². The average Bonchev–Trinajstić information content (AvgIpc) is 2.64. The summed E-state index contributed by atoms with van der Waals surface area (Å²) in [7, 11) is 0. The van der Waals surface area contributed by atoms with Gasteiger partial charge in [0.1, 0.15) is 0 Å². The lowest BCUT2D eigenvalue weighted by atomic mass is 9.53. The van der Waals surface area contributed by atoms with E-state index in [1.54, 1.807) is 0 Å². The van der Waals surface area contributed by atoms with Gasteiger partial charge in [-0.25, -0.2) is 0 Å². The van der Waals surface area contributed by atoms with Crippen LogP contribution in [0.15, 0.2) is 24.3 Å². The van der Waals surface area contributed by atoms with Crippen LogP contribution in [0.1, 0.15) is 50.5 Å². The minimum Gasteiger partial charge on any atom is -0.396 e. The van der Waals surface area contributed by atoms with Crippen molar-refractivity contribution >= 4 is 11.6 Å². The Kier molecular flexibility index (Phi) is 4.58. The fourth-order valence-electron chi connectivity index (χ4n) is 7.23. The molecule has 5 aliphatic rings. The molecule has 5 fully saturated rings. The molecule has 0 amide bonds. The molecule has 1 heterocycles.